The van der Waals surface area contributed by atoms with E-state index in [9.17, 15) is 0 Å². The SMILES string of the molecule is C=CCO[C@H]1CCN(Cc2ccc(OC)cc2)[C@@H]1Cc1cnn(C)c1. The number of hydrogen-bond acceptors (Lipinski definition) is 4. The third-order valence-corrected chi connectivity index (χ3v) is 4.78. The maximum Gasteiger partial charge on any atom is 0.118 e. The minimum Gasteiger partial charge on any atom is -0.497 e. The van der Waals surface area contributed by atoms with Gasteiger partial charge in [0.2, 0.25) is 0 Å². The second-order valence-electron chi connectivity index (χ2n) is 6.56. The summed E-state index contributed by atoms with van der Waals surface area (Å²) in [5.41, 5.74) is 2.54. The molecule has 0 aliphatic carbocycles. The maximum atomic E-state index is 6.04. The number of benzene rings is 1. The lowest BCUT2D eigenvalue weighted by molar-refractivity contribution is 0.0421. The number of aryl methyl sites for hydroxylation is 1. The molecule has 1 aromatic heterocycles. The van der Waals surface area contributed by atoms with Crippen molar-refractivity contribution >= 4 is 0 Å². The van der Waals surface area contributed by atoms with Crippen LogP contribution in [0.5, 0.6) is 5.75 Å². The highest BCUT2D eigenvalue weighted by atomic mass is 16.5. The Kier molecular flexibility index (Phi) is 5.89. The summed E-state index contributed by atoms with van der Waals surface area (Å²) >= 11 is 0. The summed E-state index contributed by atoms with van der Waals surface area (Å²) < 4.78 is 13.2. The number of nitrogens with zero attached hydrogens (tertiary/aromatic N) is 3. The van der Waals surface area contributed by atoms with Crippen molar-refractivity contribution in [2.24, 2.45) is 7.05 Å². The van der Waals surface area contributed by atoms with E-state index in [2.05, 4.69) is 34.9 Å². The molecule has 3 rings (SSSR count). The van der Waals surface area contributed by atoms with Crippen molar-refractivity contribution in [2.45, 2.75) is 31.5 Å². The summed E-state index contributed by atoms with van der Waals surface area (Å²) in [5, 5.41) is 4.30. The number of hydrogen-bond donors (Lipinski definition) is 0. The molecule has 0 bridgehead atoms. The maximum absolute atomic E-state index is 6.04. The molecule has 1 aliphatic rings. The topological polar surface area (TPSA) is 39.5 Å². The number of likely N-dealkylation sites (tertiary alicyclic amines) is 1. The third-order valence-electron chi connectivity index (χ3n) is 4.78. The Hall–Kier alpha value is -2.11. The van der Waals surface area contributed by atoms with Gasteiger partial charge in [0.05, 0.1) is 26.0 Å². The predicted molar refractivity (Wildman–Crippen MR) is 98.7 cm³/mol. The van der Waals surface area contributed by atoms with E-state index in [0.717, 1.165) is 31.7 Å². The van der Waals surface area contributed by atoms with Gasteiger partial charge in [0.25, 0.3) is 0 Å². The van der Waals surface area contributed by atoms with E-state index in [0.29, 0.717) is 12.6 Å². The van der Waals surface area contributed by atoms with E-state index >= 15 is 0 Å². The van der Waals surface area contributed by atoms with Crippen LogP contribution < -0.4 is 4.74 Å². The first kappa shape index (κ1) is 17.7. The molecule has 2 atom stereocenters. The minimum absolute atomic E-state index is 0.233. The first-order chi connectivity index (χ1) is 12.2. The largest absolute Gasteiger partial charge is 0.497 e. The standard InChI is InChI=1S/C20H27N3O2/c1-4-11-25-20-9-10-23(15-16-5-7-18(24-3)8-6-16)19(20)12-17-13-21-22(2)14-17/h4-8,13-14,19-20H,1,9-12,15H2,2-3H3/t19-,20+/m1/s1. The van der Waals surface area contributed by atoms with Crippen molar-refractivity contribution in [2.75, 3.05) is 20.3 Å². The van der Waals surface area contributed by atoms with Crippen LogP contribution in [0.2, 0.25) is 0 Å². The summed E-state index contributed by atoms with van der Waals surface area (Å²) in [6.07, 6.45) is 8.10. The van der Waals surface area contributed by atoms with Gasteiger partial charge in [0.15, 0.2) is 0 Å². The van der Waals surface area contributed by atoms with Crippen LogP contribution in [0.15, 0.2) is 49.3 Å². The lowest BCUT2D eigenvalue weighted by Gasteiger charge is -2.28. The molecule has 0 saturated carbocycles. The van der Waals surface area contributed by atoms with Crippen molar-refractivity contribution in [3.8, 4) is 5.75 Å². The molecular weight excluding hydrogens is 314 g/mol. The Bertz CT molecular complexity index is 681. The van der Waals surface area contributed by atoms with Gasteiger partial charge in [0, 0.05) is 32.4 Å². The summed E-state index contributed by atoms with van der Waals surface area (Å²) in [6.45, 7) is 6.34. The van der Waals surface area contributed by atoms with E-state index in [1.807, 2.05) is 36.1 Å². The summed E-state index contributed by atoms with van der Waals surface area (Å²) in [7, 11) is 3.65. The summed E-state index contributed by atoms with van der Waals surface area (Å²) in [6, 6.07) is 8.67. The fraction of sp³-hybridized carbons (Fsp3) is 0.450. The molecule has 5 heteroatoms. The Balaban J connectivity index is 1.71. The molecule has 1 aliphatic heterocycles. The molecule has 25 heavy (non-hydrogen) atoms. The van der Waals surface area contributed by atoms with Crippen LogP contribution >= 0.6 is 0 Å². The molecule has 1 aromatic carbocycles. The van der Waals surface area contributed by atoms with Gasteiger partial charge in [-0.3, -0.25) is 9.58 Å². The van der Waals surface area contributed by atoms with Gasteiger partial charge in [-0.2, -0.15) is 5.10 Å². The molecular formula is C20H27N3O2. The van der Waals surface area contributed by atoms with Gasteiger partial charge in [-0.15, -0.1) is 6.58 Å². The molecule has 2 aromatic rings. The van der Waals surface area contributed by atoms with E-state index in [1.54, 1.807) is 7.11 Å². The Morgan fingerprint density at radius 3 is 2.72 bits per heavy atom. The molecule has 0 N–H and O–H groups in total. The Morgan fingerprint density at radius 1 is 1.28 bits per heavy atom. The van der Waals surface area contributed by atoms with Crippen LogP contribution in [0.1, 0.15) is 17.5 Å². The Labute approximate surface area is 149 Å². The van der Waals surface area contributed by atoms with Gasteiger partial charge in [-0.25, -0.2) is 0 Å². The zero-order valence-corrected chi connectivity index (χ0v) is 15.1. The van der Waals surface area contributed by atoms with Crippen LogP contribution in [0.4, 0.5) is 0 Å². The second kappa shape index (κ2) is 8.32. The molecule has 0 amide bonds. The van der Waals surface area contributed by atoms with Gasteiger partial charge < -0.3 is 9.47 Å². The van der Waals surface area contributed by atoms with E-state index < -0.39 is 0 Å². The molecule has 134 valence electrons. The van der Waals surface area contributed by atoms with Crippen LogP contribution in [0, 0.1) is 0 Å². The summed E-state index contributed by atoms with van der Waals surface area (Å²) in [4.78, 5) is 2.52. The molecule has 2 heterocycles. The highest BCUT2D eigenvalue weighted by molar-refractivity contribution is 5.27. The molecule has 1 fully saturated rings. The monoisotopic (exact) mass is 341 g/mol. The zero-order chi connectivity index (χ0) is 17.6. The highest BCUT2D eigenvalue weighted by Gasteiger charge is 2.34. The molecule has 0 spiro atoms. The van der Waals surface area contributed by atoms with Gasteiger partial charge in [-0.05, 0) is 36.1 Å². The lowest BCUT2D eigenvalue weighted by Crippen LogP contribution is -2.37. The van der Waals surface area contributed by atoms with Crippen molar-refractivity contribution in [3.05, 3.63) is 60.4 Å². The van der Waals surface area contributed by atoms with E-state index in [-0.39, 0.29) is 6.10 Å². The number of aromatic nitrogens is 2. The average Bonchev–Trinajstić information content (AvgIpc) is 3.21. The smallest absolute Gasteiger partial charge is 0.118 e. The van der Waals surface area contributed by atoms with Crippen LogP contribution in [0.3, 0.4) is 0 Å². The molecule has 0 radical (unpaired) electrons. The van der Waals surface area contributed by atoms with Crippen molar-refractivity contribution < 1.29 is 9.47 Å². The number of methoxy groups -OCH3 is 1. The van der Waals surface area contributed by atoms with Crippen molar-refractivity contribution in [1.29, 1.82) is 0 Å². The fourth-order valence-electron chi connectivity index (χ4n) is 3.51. The molecule has 0 unspecified atom stereocenters. The normalized spacial score (nSPS) is 20.7. The Morgan fingerprint density at radius 2 is 2.08 bits per heavy atom. The quantitative estimate of drug-likeness (QED) is 0.692. The zero-order valence-electron chi connectivity index (χ0n) is 15.1. The molecule has 5 nitrogen and oxygen atoms in total. The van der Waals surface area contributed by atoms with Crippen LogP contribution in [-0.2, 0) is 24.8 Å². The fourth-order valence-corrected chi connectivity index (χ4v) is 3.51. The average molecular weight is 341 g/mol. The predicted octanol–water partition coefficient (Wildman–Crippen LogP) is 2.82. The first-order valence-electron chi connectivity index (χ1n) is 8.76. The lowest BCUT2D eigenvalue weighted by atomic mass is 10.0. The minimum atomic E-state index is 0.233. The molecule has 1 saturated heterocycles. The van der Waals surface area contributed by atoms with Crippen LogP contribution in [-0.4, -0.2) is 47.1 Å². The van der Waals surface area contributed by atoms with E-state index in [1.165, 1.54) is 11.1 Å². The van der Waals surface area contributed by atoms with Gasteiger partial charge in [-0.1, -0.05) is 18.2 Å². The van der Waals surface area contributed by atoms with Crippen molar-refractivity contribution in [1.82, 2.24) is 14.7 Å². The summed E-state index contributed by atoms with van der Waals surface area (Å²) in [5.74, 6) is 0.893. The van der Waals surface area contributed by atoms with Crippen LogP contribution in [0.25, 0.3) is 0 Å². The van der Waals surface area contributed by atoms with Crippen molar-refractivity contribution in [3.63, 3.8) is 0 Å². The van der Waals surface area contributed by atoms with Gasteiger partial charge in [0.1, 0.15) is 5.75 Å². The number of rotatable bonds is 8. The van der Waals surface area contributed by atoms with E-state index in [4.69, 9.17) is 9.47 Å². The third kappa shape index (κ3) is 4.50. The van der Waals surface area contributed by atoms with Gasteiger partial charge >= 0.3 is 0 Å². The second-order valence-corrected chi connectivity index (χ2v) is 6.56. The first-order valence-corrected chi connectivity index (χ1v) is 8.76. The number of ether oxygens (including phenoxy) is 2. The highest BCUT2D eigenvalue weighted by Crippen LogP contribution is 2.26.